The Morgan fingerprint density at radius 2 is 1.77 bits per heavy atom. The van der Waals surface area contributed by atoms with Gasteiger partial charge >= 0.3 is 12.2 Å². The number of carbonyl (C=O) groups is 1. The number of aromatic nitrogens is 1. The van der Waals surface area contributed by atoms with Crippen molar-refractivity contribution in [3.05, 3.63) is 22.8 Å². The van der Waals surface area contributed by atoms with E-state index >= 15 is 0 Å². The molecule has 3 heterocycles. The van der Waals surface area contributed by atoms with Crippen LogP contribution in [-0.4, -0.2) is 98.2 Å². The van der Waals surface area contributed by atoms with Crippen LogP contribution in [0.1, 0.15) is 18.4 Å². The van der Waals surface area contributed by atoms with E-state index < -0.39 is 11.7 Å². The topological polar surface area (TPSA) is 55.0 Å². The second kappa shape index (κ2) is 10.7. The number of carbonyl (C=O) groups excluding carboxylic acids is 1. The van der Waals surface area contributed by atoms with Crippen molar-refractivity contribution in [3.63, 3.8) is 0 Å². The van der Waals surface area contributed by atoms with Crippen molar-refractivity contribution in [3.8, 4) is 0 Å². The monoisotopic (exact) mass is 462 g/mol. The maximum absolute atomic E-state index is 12.8. The van der Waals surface area contributed by atoms with Crippen LogP contribution < -0.4 is 10.2 Å². The van der Waals surface area contributed by atoms with E-state index in [0.29, 0.717) is 38.5 Å². The molecule has 0 saturated carbocycles. The van der Waals surface area contributed by atoms with E-state index in [1.54, 1.807) is 4.90 Å². The van der Waals surface area contributed by atoms with Crippen molar-refractivity contribution in [1.82, 2.24) is 25.0 Å². The summed E-state index contributed by atoms with van der Waals surface area (Å²) in [7, 11) is 2.14. The molecule has 11 heteroatoms. The number of nitrogens with zero attached hydrogens (tertiary/aromatic N) is 5. The first-order chi connectivity index (χ1) is 14.7. The minimum absolute atomic E-state index is 0.0342. The molecule has 0 spiro atoms. The average Bonchev–Trinajstić information content (AvgIpc) is 2.74. The fraction of sp³-hybridized carbons (Fsp3) is 0.700. The molecule has 7 nitrogen and oxygen atoms in total. The van der Waals surface area contributed by atoms with E-state index in [1.807, 2.05) is 4.90 Å². The van der Waals surface area contributed by atoms with Gasteiger partial charge in [0.15, 0.2) is 0 Å². The molecule has 2 aliphatic heterocycles. The summed E-state index contributed by atoms with van der Waals surface area (Å²) in [5, 5.41) is 2.93. The Morgan fingerprint density at radius 3 is 2.39 bits per heavy atom. The van der Waals surface area contributed by atoms with Gasteiger partial charge in [-0.2, -0.15) is 13.2 Å². The van der Waals surface area contributed by atoms with Gasteiger partial charge in [0, 0.05) is 65.1 Å². The molecule has 3 rings (SSSR count). The number of pyridine rings is 1. The molecular formula is C20H30ClF3N6O. The third-order valence-electron chi connectivity index (χ3n) is 5.79. The summed E-state index contributed by atoms with van der Waals surface area (Å²) < 4.78 is 38.3. The lowest BCUT2D eigenvalue weighted by Crippen LogP contribution is -2.52. The van der Waals surface area contributed by atoms with E-state index in [2.05, 4.69) is 27.1 Å². The molecular weight excluding hydrogens is 433 g/mol. The standard InChI is InChI=1S/C20H30ClF3N6O/c1-27-6-8-28(9-7-27)5-3-2-4-25-19(31)30-12-10-29(11-13-30)18-17(21)14-16(15-26-18)20(22,23)24/h14-15H,2-13H2,1H3,(H,25,31). The van der Waals surface area contributed by atoms with Crippen molar-refractivity contribution < 1.29 is 18.0 Å². The van der Waals surface area contributed by atoms with Crippen LogP contribution in [0.25, 0.3) is 0 Å². The summed E-state index contributed by atoms with van der Waals surface area (Å²) in [6.45, 7) is 7.98. The highest BCUT2D eigenvalue weighted by atomic mass is 35.5. The van der Waals surface area contributed by atoms with Gasteiger partial charge in [-0.1, -0.05) is 11.6 Å². The highest BCUT2D eigenvalue weighted by Gasteiger charge is 2.32. The number of urea groups is 1. The van der Waals surface area contributed by atoms with Crippen LogP contribution in [0.15, 0.2) is 12.3 Å². The highest BCUT2D eigenvalue weighted by Crippen LogP contribution is 2.33. The second-order valence-electron chi connectivity index (χ2n) is 8.09. The van der Waals surface area contributed by atoms with Gasteiger partial charge in [-0.15, -0.1) is 0 Å². The molecule has 0 aromatic carbocycles. The van der Waals surface area contributed by atoms with Gasteiger partial charge in [0.25, 0.3) is 0 Å². The Bertz CT molecular complexity index is 734. The molecule has 31 heavy (non-hydrogen) atoms. The van der Waals surface area contributed by atoms with Crippen LogP contribution >= 0.6 is 11.6 Å². The second-order valence-corrected chi connectivity index (χ2v) is 8.49. The molecule has 1 aromatic heterocycles. The minimum Gasteiger partial charge on any atom is -0.352 e. The number of hydrogen-bond donors (Lipinski definition) is 1. The molecule has 174 valence electrons. The molecule has 0 radical (unpaired) electrons. The summed E-state index contributed by atoms with van der Waals surface area (Å²) in [6, 6.07) is 0.788. The third kappa shape index (κ3) is 6.85. The van der Waals surface area contributed by atoms with Crippen molar-refractivity contribution in [2.45, 2.75) is 19.0 Å². The maximum atomic E-state index is 12.8. The smallest absolute Gasteiger partial charge is 0.352 e. The average molecular weight is 463 g/mol. The number of alkyl halides is 3. The fourth-order valence-electron chi connectivity index (χ4n) is 3.78. The molecule has 0 bridgehead atoms. The van der Waals surface area contributed by atoms with Crippen LogP contribution in [0.5, 0.6) is 0 Å². The van der Waals surface area contributed by atoms with Crippen LogP contribution in [0.2, 0.25) is 5.02 Å². The predicted octanol–water partition coefficient (Wildman–Crippen LogP) is 2.61. The lowest BCUT2D eigenvalue weighted by Gasteiger charge is -2.35. The fourth-order valence-corrected chi connectivity index (χ4v) is 4.06. The van der Waals surface area contributed by atoms with Gasteiger partial charge in [0.05, 0.1) is 10.6 Å². The van der Waals surface area contributed by atoms with Crippen molar-refractivity contribution in [2.24, 2.45) is 0 Å². The summed E-state index contributed by atoms with van der Waals surface area (Å²) in [5.41, 5.74) is -0.869. The molecule has 2 fully saturated rings. The SMILES string of the molecule is CN1CCN(CCCCNC(=O)N2CCN(c3ncc(C(F)(F)F)cc3Cl)CC2)CC1. The summed E-state index contributed by atoms with van der Waals surface area (Å²) in [4.78, 5) is 24.6. The Balaban J connectivity index is 1.35. The van der Waals surface area contributed by atoms with Crippen molar-refractivity contribution in [1.29, 1.82) is 0 Å². The number of likely N-dealkylation sites (N-methyl/N-ethyl adjacent to an activating group) is 1. The number of nitrogens with one attached hydrogen (secondary N) is 1. The number of halogens is 4. The van der Waals surface area contributed by atoms with E-state index in [1.165, 1.54) is 0 Å². The van der Waals surface area contributed by atoms with Crippen molar-refractivity contribution >= 4 is 23.4 Å². The van der Waals surface area contributed by atoms with Gasteiger partial charge in [-0.05, 0) is 32.5 Å². The number of unbranched alkanes of at least 4 members (excludes halogenated alkanes) is 1. The molecule has 1 N–H and O–H groups in total. The Kier molecular flexibility index (Phi) is 8.23. The normalized spacial score (nSPS) is 19.0. The molecule has 1 aromatic rings. The molecule has 0 atom stereocenters. The lowest BCUT2D eigenvalue weighted by molar-refractivity contribution is -0.137. The number of rotatable bonds is 6. The largest absolute Gasteiger partial charge is 0.417 e. The van der Waals surface area contributed by atoms with E-state index in [0.717, 1.165) is 57.8 Å². The Hall–Kier alpha value is -1.78. The Morgan fingerprint density at radius 1 is 1.10 bits per heavy atom. The quantitative estimate of drug-likeness (QED) is 0.659. The number of hydrogen-bond acceptors (Lipinski definition) is 5. The van der Waals surface area contributed by atoms with Crippen LogP contribution in [0.3, 0.4) is 0 Å². The zero-order valence-corrected chi connectivity index (χ0v) is 18.6. The molecule has 0 unspecified atom stereocenters. The lowest BCUT2D eigenvalue weighted by atomic mass is 10.2. The summed E-state index contributed by atoms with van der Waals surface area (Å²) >= 11 is 6.03. The van der Waals surface area contributed by atoms with Crippen LogP contribution in [0.4, 0.5) is 23.8 Å². The maximum Gasteiger partial charge on any atom is 0.417 e. The zero-order chi connectivity index (χ0) is 22.4. The molecule has 2 aliphatic rings. The highest BCUT2D eigenvalue weighted by molar-refractivity contribution is 6.33. The van der Waals surface area contributed by atoms with E-state index in [-0.39, 0.29) is 11.1 Å². The van der Waals surface area contributed by atoms with Gasteiger partial charge in [-0.3, -0.25) is 0 Å². The minimum atomic E-state index is -4.48. The van der Waals surface area contributed by atoms with Crippen molar-refractivity contribution in [2.75, 3.05) is 77.4 Å². The van der Waals surface area contributed by atoms with Crippen LogP contribution in [-0.2, 0) is 6.18 Å². The first kappa shape index (κ1) is 23.9. The first-order valence-electron chi connectivity index (χ1n) is 10.7. The zero-order valence-electron chi connectivity index (χ0n) is 17.8. The van der Waals surface area contributed by atoms with E-state index in [4.69, 9.17) is 11.6 Å². The number of amides is 2. The summed E-state index contributed by atoms with van der Waals surface area (Å²) in [6.07, 6.45) is -1.70. The number of anilines is 1. The number of piperazine rings is 2. The summed E-state index contributed by atoms with van der Waals surface area (Å²) in [5.74, 6) is 0.318. The van der Waals surface area contributed by atoms with Gasteiger partial charge < -0.3 is 24.9 Å². The van der Waals surface area contributed by atoms with Gasteiger partial charge in [-0.25, -0.2) is 9.78 Å². The van der Waals surface area contributed by atoms with E-state index in [9.17, 15) is 18.0 Å². The van der Waals surface area contributed by atoms with Crippen LogP contribution in [0, 0.1) is 0 Å². The predicted molar refractivity (Wildman–Crippen MR) is 115 cm³/mol. The van der Waals surface area contributed by atoms with Gasteiger partial charge in [0.1, 0.15) is 5.82 Å². The molecule has 0 aliphatic carbocycles. The Labute approximate surface area is 186 Å². The molecule has 2 amide bonds. The molecule has 2 saturated heterocycles. The third-order valence-corrected chi connectivity index (χ3v) is 6.07. The van der Waals surface area contributed by atoms with Gasteiger partial charge in [0.2, 0.25) is 0 Å². The first-order valence-corrected chi connectivity index (χ1v) is 11.0.